The van der Waals surface area contributed by atoms with Gasteiger partial charge in [-0.25, -0.2) is 4.98 Å². The minimum Gasteiger partial charge on any atom is -0.494 e. The van der Waals surface area contributed by atoms with Gasteiger partial charge < -0.3 is 24.8 Å². The summed E-state index contributed by atoms with van der Waals surface area (Å²) in [6.07, 6.45) is -0.368. The predicted octanol–water partition coefficient (Wildman–Crippen LogP) is 4.64. The molecule has 2 aliphatic rings. The van der Waals surface area contributed by atoms with E-state index in [9.17, 15) is 20.6 Å². The summed E-state index contributed by atoms with van der Waals surface area (Å²) in [4.78, 5) is 4.12. The number of nitriles is 1. The minimum atomic E-state index is -1.21. The van der Waals surface area contributed by atoms with Crippen LogP contribution in [-0.4, -0.2) is 37.6 Å². The van der Waals surface area contributed by atoms with Crippen LogP contribution in [0.15, 0.2) is 54.6 Å². The van der Waals surface area contributed by atoms with E-state index in [1.807, 2.05) is 24.3 Å². The number of aromatic hydroxyl groups is 2. The highest BCUT2D eigenvalue weighted by atomic mass is 35.5. The van der Waals surface area contributed by atoms with Crippen molar-refractivity contribution in [1.29, 1.82) is 5.26 Å². The Morgan fingerprint density at radius 2 is 1.86 bits per heavy atom. The SMILES string of the molecule is C[C@]12O[C@](CCOc3cccc(Cl)n3)(C[C@@H]1O)c1c2c(O)n(-c2ccc(C#N)c3ccccc23)c1O. The molecule has 3 atom stereocenters. The number of benzene rings is 2. The summed E-state index contributed by atoms with van der Waals surface area (Å²) in [6.45, 7) is 1.89. The molecule has 36 heavy (non-hydrogen) atoms. The molecule has 0 aliphatic carbocycles. The Morgan fingerprint density at radius 3 is 2.61 bits per heavy atom. The maximum absolute atomic E-state index is 11.5. The molecule has 4 aromatic rings. The van der Waals surface area contributed by atoms with Crippen LogP contribution < -0.4 is 4.74 Å². The zero-order valence-electron chi connectivity index (χ0n) is 19.3. The molecule has 9 heteroatoms. The minimum absolute atomic E-state index is 0.172. The van der Waals surface area contributed by atoms with Crippen LogP contribution in [0.5, 0.6) is 17.6 Å². The van der Waals surface area contributed by atoms with Crippen LogP contribution in [0.25, 0.3) is 16.5 Å². The molecular weight excluding hydrogens is 482 g/mol. The predicted molar refractivity (Wildman–Crippen MR) is 131 cm³/mol. The third-order valence-corrected chi connectivity index (χ3v) is 7.56. The van der Waals surface area contributed by atoms with Gasteiger partial charge in [-0.3, -0.25) is 4.57 Å². The second kappa shape index (κ2) is 7.87. The maximum atomic E-state index is 11.5. The van der Waals surface area contributed by atoms with Crippen molar-refractivity contribution in [1.82, 2.24) is 9.55 Å². The zero-order valence-corrected chi connectivity index (χ0v) is 20.0. The average Bonchev–Trinajstić information content (AvgIpc) is 3.39. The largest absolute Gasteiger partial charge is 0.494 e. The lowest BCUT2D eigenvalue weighted by molar-refractivity contribution is -0.107. The van der Waals surface area contributed by atoms with Gasteiger partial charge in [0.1, 0.15) is 16.4 Å². The molecule has 0 spiro atoms. The van der Waals surface area contributed by atoms with E-state index in [1.54, 1.807) is 37.3 Å². The summed E-state index contributed by atoms with van der Waals surface area (Å²) in [5.41, 5.74) is -0.490. The van der Waals surface area contributed by atoms with Gasteiger partial charge in [0.25, 0.3) is 0 Å². The summed E-state index contributed by atoms with van der Waals surface area (Å²) in [5, 5.41) is 45.1. The molecular formula is C27H22ClN3O5. The van der Waals surface area contributed by atoms with Crippen molar-refractivity contribution in [3.05, 3.63) is 76.4 Å². The molecule has 2 bridgehead atoms. The number of pyridine rings is 1. The summed E-state index contributed by atoms with van der Waals surface area (Å²) in [6, 6.07) is 17.9. The first kappa shape index (κ1) is 22.7. The van der Waals surface area contributed by atoms with Crippen LogP contribution in [0.1, 0.15) is 36.5 Å². The first-order valence-corrected chi connectivity index (χ1v) is 11.9. The number of hydrogen-bond acceptors (Lipinski definition) is 7. The molecule has 2 aromatic carbocycles. The number of rotatable bonds is 5. The van der Waals surface area contributed by atoms with Gasteiger partial charge in [-0.15, -0.1) is 0 Å². The van der Waals surface area contributed by atoms with Crippen molar-refractivity contribution in [2.75, 3.05) is 6.61 Å². The first-order chi connectivity index (χ1) is 17.3. The molecule has 0 amide bonds. The van der Waals surface area contributed by atoms with Gasteiger partial charge in [-0.1, -0.05) is 41.9 Å². The van der Waals surface area contributed by atoms with E-state index >= 15 is 0 Å². The molecule has 182 valence electrons. The molecule has 0 radical (unpaired) electrons. The van der Waals surface area contributed by atoms with Crippen molar-refractivity contribution < 1.29 is 24.8 Å². The highest BCUT2D eigenvalue weighted by Gasteiger charge is 2.66. The van der Waals surface area contributed by atoms with Crippen LogP contribution in [0.4, 0.5) is 0 Å². The third-order valence-electron chi connectivity index (χ3n) is 7.35. The van der Waals surface area contributed by atoms with E-state index in [1.165, 1.54) is 4.57 Å². The van der Waals surface area contributed by atoms with Crippen molar-refractivity contribution in [3.8, 4) is 29.4 Å². The Labute approximate surface area is 211 Å². The van der Waals surface area contributed by atoms with Gasteiger partial charge in [-0.2, -0.15) is 5.26 Å². The second-order valence-electron chi connectivity index (χ2n) is 9.34. The lowest BCUT2D eigenvalue weighted by atomic mass is 9.76. The van der Waals surface area contributed by atoms with E-state index < -0.39 is 17.3 Å². The quantitative estimate of drug-likeness (QED) is 0.339. The number of aliphatic hydroxyl groups is 1. The van der Waals surface area contributed by atoms with Gasteiger partial charge in [0.15, 0.2) is 0 Å². The van der Waals surface area contributed by atoms with E-state index in [-0.39, 0.29) is 24.8 Å². The lowest BCUT2D eigenvalue weighted by Crippen LogP contribution is -2.33. The Hall–Kier alpha value is -3.77. The Morgan fingerprint density at radius 1 is 1.11 bits per heavy atom. The maximum Gasteiger partial charge on any atom is 0.214 e. The zero-order chi connectivity index (χ0) is 25.2. The van der Waals surface area contributed by atoms with Crippen molar-refractivity contribution in [3.63, 3.8) is 0 Å². The molecule has 8 nitrogen and oxygen atoms in total. The molecule has 1 saturated heterocycles. The normalized spacial score (nSPS) is 24.1. The molecule has 1 fully saturated rings. The Balaban J connectivity index is 1.46. The third kappa shape index (κ3) is 3.04. The number of fused-ring (bicyclic) bond motifs is 6. The number of aliphatic hydroxyl groups excluding tert-OH is 1. The molecule has 4 heterocycles. The van der Waals surface area contributed by atoms with Crippen molar-refractivity contribution >= 4 is 22.4 Å². The standard InChI is InChI=1S/C27H22ClN3O5/c1-26-19(32)13-27(36-26,11-12-35-21-8-4-7-20(28)30-21)23-22(26)24(33)31(25(23)34)18-10-9-15(14-29)16-5-2-3-6-17(16)18/h2-10,19,32-34H,11-13H2,1H3/t19-,26-,27+/m0/s1. The van der Waals surface area contributed by atoms with E-state index in [0.29, 0.717) is 50.6 Å². The van der Waals surface area contributed by atoms with Crippen molar-refractivity contribution in [2.45, 2.75) is 37.1 Å². The number of hydrogen-bond donors (Lipinski definition) is 3. The Bertz CT molecular complexity index is 1580. The summed E-state index contributed by atoms with van der Waals surface area (Å²) in [5.74, 6) is -0.0288. The van der Waals surface area contributed by atoms with E-state index in [0.717, 1.165) is 0 Å². The molecule has 6 rings (SSSR count). The summed E-state index contributed by atoms with van der Waals surface area (Å²) < 4.78 is 13.5. The number of aromatic nitrogens is 2. The number of halogens is 1. The summed E-state index contributed by atoms with van der Waals surface area (Å²) in [7, 11) is 0. The second-order valence-corrected chi connectivity index (χ2v) is 9.73. The fourth-order valence-electron chi connectivity index (χ4n) is 5.72. The van der Waals surface area contributed by atoms with Crippen LogP contribution in [0, 0.1) is 11.3 Å². The van der Waals surface area contributed by atoms with E-state index in [4.69, 9.17) is 21.1 Å². The van der Waals surface area contributed by atoms with E-state index in [2.05, 4.69) is 11.1 Å². The Kier molecular flexibility index (Phi) is 4.96. The monoisotopic (exact) mass is 503 g/mol. The van der Waals surface area contributed by atoms with Crippen LogP contribution >= 0.6 is 11.6 Å². The summed E-state index contributed by atoms with van der Waals surface area (Å²) >= 11 is 5.95. The molecule has 2 aromatic heterocycles. The number of ether oxygens (including phenoxy) is 2. The molecule has 0 unspecified atom stereocenters. The van der Waals surface area contributed by atoms with Gasteiger partial charge in [-0.05, 0) is 25.1 Å². The fraction of sp³-hybridized carbons (Fsp3) is 0.259. The van der Waals surface area contributed by atoms with Crippen molar-refractivity contribution in [2.24, 2.45) is 0 Å². The van der Waals surface area contributed by atoms with Gasteiger partial charge in [0.05, 0.1) is 41.2 Å². The van der Waals surface area contributed by atoms with Crippen LogP contribution in [0.3, 0.4) is 0 Å². The van der Waals surface area contributed by atoms with Crippen LogP contribution in [-0.2, 0) is 15.9 Å². The highest BCUT2D eigenvalue weighted by Crippen LogP contribution is 2.65. The molecule has 0 saturated carbocycles. The topological polar surface area (TPSA) is 121 Å². The average molecular weight is 504 g/mol. The lowest BCUT2D eigenvalue weighted by Gasteiger charge is -2.26. The fourth-order valence-corrected chi connectivity index (χ4v) is 5.87. The molecule has 2 aliphatic heterocycles. The van der Waals surface area contributed by atoms with Gasteiger partial charge in [0.2, 0.25) is 17.6 Å². The molecule has 3 N–H and O–H groups in total. The number of nitrogens with zero attached hydrogens (tertiary/aromatic N) is 3. The van der Waals surface area contributed by atoms with Gasteiger partial charge in [0, 0.05) is 29.7 Å². The van der Waals surface area contributed by atoms with Crippen LogP contribution in [0.2, 0.25) is 5.15 Å². The first-order valence-electron chi connectivity index (χ1n) is 11.5. The smallest absolute Gasteiger partial charge is 0.214 e. The van der Waals surface area contributed by atoms with Gasteiger partial charge >= 0.3 is 0 Å². The highest BCUT2D eigenvalue weighted by molar-refractivity contribution is 6.29.